The number of nitrogens with zero attached hydrogens (tertiary/aromatic N) is 4. The predicted octanol–water partition coefficient (Wildman–Crippen LogP) is 2.38. The number of pyridine rings is 1. The van der Waals surface area contributed by atoms with Gasteiger partial charge in [-0.2, -0.15) is 0 Å². The van der Waals surface area contributed by atoms with Gasteiger partial charge in [0, 0.05) is 6.20 Å². The van der Waals surface area contributed by atoms with E-state index in [-0.39, 0.29) is 0 Å². The first kappa shape index (κ1) is 8.62. The summed E-state index contributed by atoms with van der Waals surface area (Å²) in [5.41, 5.74) is 4.55. The molecule has 0 radical (unpaired) electrons. The maximum absolute atomic E-state index is 8.10. The summed E-state index contributed by atoms with van der Waals surface area (Å²) in [4.78, 5) is 4.44. The van der Waals surface area contributed by atoms with Crippen molar-refractivity contribution >= 4 is 22.2 Å². The molecule has 4 heterocycles. The van der Waals surface area contributed by atoms with E-state index in [4.69, 9.17) is 4.11 Å². The van der Waals surface area contributed by atoms with Crippen LogP contribution in [0.4, 0.5) is 0 Å². The molecule has 0 atom stereocenters. The lowest BCUT2D eigenvalue weighted by atomic mass is 10.1. The van der Waals surface area contributed by atoms with Gasteiger partial charge in [-0.05, 0) is 23.8 Å². The molecule has 0 unspecified atom stereocenters. The Morgan fingerprint density at radius 2 is 2.14 bits per heavy atom. The minimum atomic E-state index is -2.27. The molecule has 1 aliphatic rings. The van der Waals surface area contributed by atoms with Gasteiger partial charge >= 0.3 is 0 Å². The average molecular weight is 278 g/mol. The van der Waals surface area contributed by atoms with E-state index in [9.17, 15) is 0 Å². The molecule has 0 fully saturated rings. The van der Waals surface area contributed by atoms with Crippen molar-refractivity contribution in [1.29, 1.82) is 0 Å². The Bertz CT molecular complexity index is 1130. The standard InChI is InChI=1S/C17H15N4/c1-19-15-13(8-5-9-18-15)14-17(19)20(2)16-12-7-4-3-6-11(12)10-21(14)16/h3-9H,10H2,1-2H3/q+1/i2D3. The third-order valence-electron chi connectivity index (χ3n) is 4.42. The summed E-state index contributed by atoms with van der Waals surface area (Å²) in [6.07, 6.45) is 1.74. The van der Waals surface area contributed by atoms with Crippen molar-refractivity contribution in [2.75, 3.05) is 0 Å². The second-order valence-corrected chi connectivity index (χ2v) is 5.51. The number of hydrogen-bond acceptors (Lipinski definition) is 1. The maximum atomic E-state index is 8.10. The molecule has 0 N–H and O–H groups in total. The highest BCUT2D eigenvalue weighted by molar-refractivity contribution is 6.03. The summed E-state index contributed by atoms with van der Waals surface area (Å²) in [6, 6.07) is 11.9. The zero-order valence-electron chi connectivity index (χ0n) is 14.5. The van der Waals surface area contributed by atoms with Crippen molar-refractivity contribution in [3.63, 3.8) is 0 Å². The highest BCUT2D eigenvalue weighted by atomic mass is 15.2. The van der Waals surface area contributed by atoms with Crippen LogP contribution in [0, 0.1) is 0 Å². The lowest BCUT2D eigenvalue weighted by Gasteiger charge is -1.98. The van der Waals surface area contributed by atoms with Crippen LogP contribution in [0.15, 0.2) is 42.6 Å². The molecule has 0 saturated heterocycles. The number of rotatable bonds is 0. The predicted molar refractivity (Wildman–Crippen MR) is 81.9 cm³/mol. The highest BCUT2D eigenvalue weighted by Gasteiger charge is 2.34. The molecular formula is C17H15N4+. The number of benzene rings is 1. The largest absolute Gasteiger partial charge is 0.270 e. The van der Waals surface area contributed by atoms with Gasteiger partial charge in [0.15, 0.2) is 5.52 Å². The minimum absolute atomic E-state index is 0.680. The number of hydrogen-bond donors (Lipinski definition) is 0. The van der Waals surface area contributed by atoms with E-state index in [0.29, 0.717) is 12.2 Å². The molecule has 0 bridgehead atoms. The van der Waals surface area contributed by atoms with Crippen molar-refractivity contribution in [2.45, 2.75) is 6.54 Å². The van der Waals surface area contributed by atoms with Crippen molar-refractivity contribution in [3.05, 3.63) is 48.2 Å². The molecule has 4 nitrogen and oxygen atoms in total. The van der Waals surface area contributed by atoms with Crippen LogP contribution in [-0.2, 0) is 20.6 Å². The van der Waals surface area contributed by atoms with E-state index in [1.54, 1.807) is 6.20 Å². The number of aryl methyl sites for hydroxylation is 2. The Labute approximate surface area is 126 Å². The Kier molecular flexibility index (Phi) is 1.45. The highest BCUT2D eigenvalue weighted by Crippen LogP contribution is 2.36. The SMILES string of the molecule is [2H]C([2H])([2H])[n+]1c2n(c3c4cccnc4n(C)c31)Cc1ccccc1-2. The van der Waals surface area contributed by atoms with E-state index in [1.165, 1.54) is 4.57 Å². The Hall–Kier alpha value is -2.62. The van der Waals surface area contributed by atoms with Gasteiger partial charge in [-0.3, -0.25) is 0 Å². The molecule has 3 aromatic heterocycles. The second-order valence-electron chi connectivity index (χ2n) is 5.51. The van der Waals surface area contributed by atoms with Gasteiger partial charge in [0.1, 0.15) is 0 Å². The summed E-state index contributed by atoms with van der Waals surface area (Å²) >= 11 is 0. The molecule has 0 amide bonds. The molecule has 4 heteroatoms. The maximum Gasteiger partial charge on any atom is 0.270 e. The van der Waals surface area contributed by atoms with Crippen molar-refractivity contribution in [2.24, 2.45) is 14.0 Å². The van der Waals surface area contributed by atoms with Crippen LogP contribution in [0.2, 0.25) is 0 Å². The Morgan fingerprint density at radius 3 is 3.05 bits per heavy atom. The zero-order chi connectivity index (χ0) is 16.6. The Balaban J connectivity index is 2.05. The van der Waals surface area contributed by atoms with E-state index in [0.717, 1.165) is 33.5 Å². The number of imidazole rings is 1. The van der Waals surface area contributed by atoms with E-state index < -0.39 is 6.98 Å². The zero-order valence-corrected chi connectivity index (χ0v) is 11.5. The topological polar surface area (TPSA) is 26.6 Å². The first-order chi connectivity index (χ1) is 11.5. The van der Waals surface area contributed by atoms with Crippen molar-refractivity contribution < 1.29 is 8.68 Å². The van der Waals surface area contributed by atoms with Gasteiger partial charge in [-0.25, -0.2) is 18.7 Å². The van der Waals surface area contributed by atoms with Crippen molar-refractivity contribution in [1.82, 2.24) is 14.1 Å². The van der Waals surface area contributed by atoms with Gasteiger partial charge in [-0.15, -0.1) is 0 Å². The summed E-state index contributed by atoms with van der Waals surface area (Å²) in [5, 5.41) is 0.979. The van der Waals surface area contributed by atoms with Crippen molar-refractivity contribution in [3.8, 4) is 11.4 Å². The third-order valence-corrected chi connectivity index (χ3v) is 4.42. The summed E-state index contributed by atoms with van der Waals surface area (Å²) in [7, 11) is 1.88. The van der Waals surface area contributed by atoms with Crippen LogP contribution in [0.5, 0.6) is 0 Å². The molecule has 102 valence electrons. The first-order valence-corrected chi connectivity index (χ1v) is 6.95. The van der Waals surface area contributed by atoms with Crippen LogP contribution >= 0.6 is 0 Å². The molecule has 21 heavy (non-hydrogen) atoms. The van der Waals surface area contributed by atoms with E-state index in [2.05, 4.69) is 15.6 Å². The summed E-state index contributed by atoms with van der Waals surface area (Å²) < 4.78 is 29.8. The molecular weight excluding hydrogens is 260 g/mol. The van der Waals surface area contributed by atoms with E-state index >= 15 is 0 Å². The fourth-order valence-corrected chi connectivity index (χ4v) is 3.54. The van der Waals surface area contributed by atoms with Gasteiger partial charge in [0.2, 0.25) is 11.5 Å². The molecule has 1 aromatic carbocycles. The Morgan fingerprint density at radius 1 is 1.24 bits per heavy atom. The van der Waals surface area contributed by atoms with Crippen LogP contribution < -0.4 is 4.57 Å². The third kappa shape index (κ3) is 1.17. The van der Waals surface area contributed by atoms with Crippen LogP contribution in [0.1, 0.15) is 9.68 Å². The van der Waals surface area contributed by atoms with Crippen LogP contribution in [0.25, 0.3) is 33.6 Å². The molecule has 0 aliphatic carbocycles. The molecule has 0 saturated carbocycles. The minimum Gasteiger partial charge on any atom is -0.248 e. The number of aromatic nitrogens is 4. The molecule has 0 spiro atoms. The van der Waals surface area contributed by atoms with E-state index in [1.807, 2.05) is 41.9 Å². The monoisotopic (exact) mass is 278 g/mol. The average Bonchev–Trinajstić information content (AvgIpc) is 3.15. The first-order valence-electron chi connectivity index (χ1n) is 8.45. The summed E-state index contributed by atoms with van der Waals surface area (Å²) in [6.45, 7) is -1.59. The molecule has 1 aliphatic heterocycles. The van der Waals surface area contributed by atoms with Gasteiger partial charge in [0.05, 0.1) is 35.6 Å². The normalized spacial score (nSPS) is 15.8. The van der Waals surface area contributed by atoms with Crippen LogP contribution in [-0.4, -0.2) is 14.1 Å². The lowest BCUT2D eigenvalue weighted by Crippen LogP contribution is -2.31. The van der Waals surface area contributed by atoms with Gasteiger partial charge < -0.3 is 0 Å². The summed E-state index contributed by atoms with van der Waals surface area (Å²) in [5.74, 6) is 0.747. The quantitative estimate of drug-likeness (QED) is 0.399. The number of fused-ring (bicyclic) bond motifs is 7. The lowest BCUT2D eigenvalue weighted by molar-refractivity contribution is -0.636. The fourth-order valence-electron chi connectivity index (χ4n) is 3.54. The molecule has 4 aromatic rings. The second kappa shape index (κ2) is 3.52. The smallest absolute Gasteiger partial charge is 0.248 e. The molecule has 5 rings (SSSR count). The van der Waals surface area contributed by atoms with Gasteiger partial charge in [0.25, 0.3) is 5.65 Å². The fraction of sp³-hybridized carbons (Fsp3) is 0.176. The van der Waals surface area contributed by atoms with Crippen LogP contribution in [0.3, 0.4) is 0 Å². The van der Waals surface area contributed by atoms with Gasteiger partial charge in [-0.1, -0.05) is 18.2 Å².